The number of nitrogens with one attached hydrogen (secondary N) is 1. The fraction of sp³-hybridized carbons (Fsp3) is 0.167. The van der Waals surface area contributed by atoms with Crippen LogP contribution in [-0.2, 0) is 0 Å². The van der Waals surface area contributed by atoms with E-state index < -0.39 is 0 Å². The SMILES string of the molecule is Cc1c(-c2ccccc2)nc2c(C)ccc(C)c2c1NN. The molecule has 0 saturated heterocycles. The van der Waals surface area contributed by atoms with Gasteiger partial charge in [-0.25, -0.2) is 4.98 Å². The highest BCUT2D eigenvalue weighted by atomic mass is 15.2. The van der Waals surface area contributed by atoms with E-state index in [0.29, 0.717) is 0 Å². The number of nitrogens with zero attached hydrogens (tertiary/aromatic N) is 1. The zero-order chi connectivity index (χ0) is 15.0. The molecule has 3 rings (SSSR count). The summed E-state index contributed by atoms with van der Waals surface area (Å²) in [6.07, 6.45) is 0. The van der Waals surface area contributed by atoms with Gasteiger partial charge in [0, 0.05) is 16.5 Å². The van der Waals surface area contributed by atoms with E-state index in [0.717, 1.165) is 39.0 Å². The second-order valence-corrected chi connectivity index (χ2v) is 5.39. The zero-order valence-electron chi connectivity index (χ0n) is 12.6. The van der Waals surface area contributed by atoms with Crippen LogP contribution in [0.4, 0.5) is 5.69 Å². The molecule has 0 atom stereocenters. The van der Waals surface area contributed by atoms with Crippen molar-refractivity contribution in [2.45, 2.75) is 20.8 Å². The van der Waals surface area contributed by atoms with Crippen LogP contribution in [-0.4, -0.2) is 4.98 Å². The maximum Gasteiger partial charge on any atom is 0.0762 e. The van der Waals surface area contributed by atoms with Crippen molar-refractivity contribution >= 4 is 16.6 Å². The summed E-state index contributed by atoms with van der Waals surface area (Å²) in [7, 11) is 0. The smallest absolute Gasteiger partial charge is 0.0762 e. The molecule has 0 radical (unpaired) electrons. The van der Waals surface area contributed by atoms with Crippen molar-refractivity contribution < 1.29 is 0 Å². The predicted octanol–water partition coefficient (Wildman–Crippen LogP) is 4.11. The monoisotopic (exact) mass is 277 g/mol. The maximum atomic E-state index is 5.80. The van der Waals surface area contributed by atoms with Crippen molar-refractivity contribution in [2.75, 3.05) is 5.43 Å². The lowest BCUT2D eigenvalue weighted by Gasteiger charge is -2.17. The summed E-state index contributed by atoms with van der Waals surface area (Å²) in [5.41, 5.74) is 10.3. The minimum Gasteiger partial charge on any atom is -0.323 e. The van der Waals surface area contributed by atoms with Crippen LogP contribution in [0, 0.1) is 20.8 Å². The van der Waals surface area contributed by atoms with Crippen molar-refractivity contribution in [1.29, 1.82) is 0 Å². The number of pyridine rings is 1. The third kappa shape index (κ3) is 2.16. The van der Waals surface area contributed by atoms with Crippen molar-refractivity contribution in [3.8, 4) is 11.3 Å². The lowest BCUT2D eigenvalue weighted by atomic mass is 9.98. The van der Waals surface area contributed by atoms with Crippen LogP contribution in [0.3, 0.4) is 0 Å². The molecule has 0 spiro atoms. The molecule has 3 N–H and O–H groups in total. The van der Waals surface area contributed by atoms with Gasteiger partial charge in [0.25, 0.3) is 0 Å². The molecule has 0 aliphatic heterocycles. The number of aryl methyl sites for hydroxylation is 2. The molecule has 3 nitrogen and oxygen atoms in total. The van der Waals surface area contributed by atoms with E-state index in [4.69, 9.17) is 10.8 Å². The molecule has 1 heterocycles. The van der Waals surface area contributed by atoms with E-state index in [1.165, 1.54) is 5.56 Å². The van der Waals surface area contributed by atoms with Gasteiger partial charge in [0.2, 0.25) is 0 Å². The van der Waals surface area contributed by atoms with Crippen molar-refractivity contribution in [3.63, 3.8) is 0 Å². The number of hydrogen-bond acceptors (Lipinski definition) is 3. The number of hydrazine groups is 1. The Morgan fingerprint density at radius 3 is 2.24 bits per heavy atom. The standard InChI is InChI=1S/C18H19N3/c1-11-9-10-12(2)16-15(11)18(21-19)13(3)17(20-16)14-7-5-4-6-8-14/h4-10H,19H2,1-3H3,(H,20,21). The summed E-state index contributed by atoms with van der Waals surface area (Å²) in [5, 5.41) is 1.11. The average Bonchev–Trinajstić information content (AvgIpc) is 2.51. The number of nitrogen functional groups attached to an aromatic ring is 1. The van der Waals surface area contributed by atoms with Gasteiger partial charge in [0.15, 0.2) is 0 Å². The molecule has 3 aromatic rings. The van der Waals surface area contributed by atoms with Crippen LogP contribution in [0.2, 0.25) is 0 Å². The minimum atomic E-state index is 0.958. The lowest BCUT2D eigenvalue weighted by molar-refractivity contribution is 1.26. The molecule has 0 unspecified atom stereocenters. The van der Waals surface area contributed by atoms with Gasteiger partial charge >= 0.3 is 0 Å². The Hall–Kier alpha value is -2.39. The second-order valence-electron chi connectivity index (χ2n) is 5.39. The molecule has 3 heteroatoms. The van der Waals surface area contributed by atoms with Crippen LogP contribution in [0.25, 0.3) is 22.2 Å². The number of rotatable bonds is 2. The summed E-state index contributed by atoms with van der Waals surface area (Å²) >= 11 is 0. The number of hydrogen-bond donors (Lipinski definition) is 2. The zero-order valence-corrected chi connectivity index (χ0v) is 12.6. The molecule has 0 amide bonds. The van der Waals surface area contributed by atoms with E-state index >= 15 is 0 Å². The van der Waals surface area contributed by atoms with E-state index in [1.807, 2.05) is 18.2 Å². The van der Waals surface area contributed by atoms with Gasteiger partial charge in [-0.15, -0.1) is 0 Å². The minimum absolute atomic E-state index is 0.958. The van der Waals surface area contributed by atoms with Crippen molar-refractivity contribution in [3.05, 3.63) is 59.2 Å². The Labute approximate surface area is 124 Å². The molecular formula is C18H19N3. The first-order valence-corrected chi connectivity index (χ1v) is 7.06. The van der Waals surface area contributed by atoms with Gasteiger partial charge in [-0.05, 0) is 31.9 Å². The summed E-state index contributed by atoms with van der Waals surface area (Å²) < 4.78 is 0. The van der Waals surface area contributed by atoms with Crippen LogP contribution in [0.1, 0.15) is 16.7 Å². The summed E-state index contributed by atoms with van der Waals surface area (Å²) in [5.74, 6) is 5.80. The molecule has 0 bridgehead atoms. The molecule has 1 aromatic heterocycles. The number of nitrogens with two attached hydrogens (primary N) is 1. The average molecular weight is 277 g/mol. The van der Waals surface area contributed by atoms with Crippen molar-refractivity contribution in [1.82, 2.24) is 4.98 Å². The molecular weight excluding hydrogens is 258 g/mol. The van der Waals surface area contributed by atoms with Gasteiger partial charge in [-0.1, -0.05) is 42.5 Å². The fourth-order valence-electron chi connectivity index (χ4n) is 2.81. The molecule has 0 aliphatic carbocycles. The quantitative estimate of drug-likeness (QED) is 0.547. The molecule has 0 fully saturated rings. The topological polar surface area (TPSA) is 50.9 Å². The first-order chi connectivity index (χ1) is 10.1. The first-order valence-electron chi connectivity index (χ1n) is 7.06. The van der Waals surface area contributed by atoms with E-state index in [9.17, 15) is 0 Å². The summed E-state index contributed by atoms with van der Waals surface area (Å²) in [4.78, 5) is 4.92. The van der Waals surface area contributed by atoms with Crippen LogP contribution >= 0.6 is 0 Å². The number of benzene rings is 2. The van der Waals surface area contributed by atoms with Crippen LogP contribution < -0.4 is 11.3 Å². The van der Waals surface area contributed by atoms with Crippen molar-refractivity contribution in [2.24, 2.45) is 5.84 Å². The Morgan fingerprint density at radius 2 is 1.57 bits per heavy atom. The molecule has 0 saturated carbocycles. The summed E-state index contributed by atoms with van der Waals surface area (Å²) in [6, 6.07) is 14.4. The van der Waals surface area contributed by atoms with Gasteiger partial charge in [0.05, 0.1) is 16.9 Å². The number of anilines is 1. The van der Waals surface area contributed by atoms with Crippen LogP contribution in [0.15, 0.2) is 42.5 Å². The molecule has 106 valence electrons. The van der Waals surface area contributed by atoms with E-state index in [2.05, 4.69) is 50.5 Å². The predicted molar refractivity (Wildman–Crippen MR) is 89.2 cm³/mol. The van der Waals surface area contributed by atoms with Gasteiger partial charge in [-0.2, -0.15) is 0 Å². The second kappa shape index (κ2) is 5.19. The highest BCUT2D eigenvalue weighted by Crippen LogP contribution is 2.35. The van der Waals surface area contributed by atoms with Gasteiger partial charge < -0.3 is 5.43 Å². The molecule has 2 aromatic carbocycles. The Kier molecular flexibility index (Phi) is 3.35. The highest BCUT2D eigenvalue weighted by Gasteiger charge is 2.15. The lowest BCUT2D eigenvalue weighted by Crippen LogP contribution is -2.11. The molecule has 0 aliphatic rings. The Balaban J connectivity index is 2.44. The normalized spacial score (nSPS) is 10.9. The fourth-order valence-corrected chi connectivity index (χ4v) is 2.81. The molecule has 21 heavy (non-hydrogen) atoms. The largest absolute Gasteiger partial charge is 0.323 e. The van der Waals surface area contributed by atoms with E-state index in [1.54, 1.807) is 0 Å². The van der Waals surface area contributed by atoms with Gasteiger partial charge in [-0.3, -0.25) is 5.84 Å². The first kappa shape index (κ1) is 13.6. The Bertz CT molecular complexity index is 808. The maximum absolute atomic E-state index is 5.80. The third-order valence-corrected chi connectivity index (χ3v) is 3.98. The highest BCUT2D eigenvalue weighted by molar-refractivity contribution is 5.99. The number of fused-ring (bicyclic) bond motifs is 1. The van der Waals surface area contributed by atoms with E-state index in [-0.39, 0.29) is 0 Å². The number of aromatic nitrogens is 1. The third-order valence-electron chi connectivity index (χ3n) is 3.98. The van der Waals surface area contributed by atoms with Crippen LogP contribution in [0.5, 0.6) is 0 Å². The van der Waals surface area contributed by atoms with Gasteiger partial charge in [0.1, 0.15) is 0 Å². The summed E-state index contributed by atoms with van der Waals surface area (Å²) in [6.45, 7) is 6.23. The Morgan fingerprint density at radius 1 is 0.905 bits per heavy atom.